The molecule has 0 bridgehead atoms. The summed E-state index contributed by atoms with van der Waals surface area (Å²) in [5.74, 6) is 0.100. The molecule has 2 amide bonds. The van der Waals surface area contributed by atoms with Crippen LogP contribution in [0, 0.1) is 0 Å². The third-order valence-corrected chi connectivity index (χ3v) is 4.34. The minimum absolute atomic E-state index is 0.100. The van der Waals surface area contributed by atoms with E-state index in [9.17, 15) is 9.59 Å². The lowest BCUT2D eigenvalue weighted by molar-refractivity contribution is -0.132. The summed E-state index contributed by atoms with van der Waals surface area (Å²) in [6.45, 7) is 2.38. The van der Waals surface area contributed by atoms with Gasteiger partial charge in [0.2, 0.25) is 5.91 Å². The number of benzene rings is 1. The summed E-state index contributed by atoms with van der Waals surface area (Å²) in [4.78, 5) is 28.0. The number of amides is 2. The molecule has 0 saturated carbocycles. The summed E-state index contributed by atoms with van der Waals surface area (Å²) in [5, 5.41) is 0. The molecule has 132 valence electrons. The maximum Gasteiger partial charge on any atom is 0.410 e. The molecular formula is C19H23N3O3. The highest BCUT2D eigenvalue weighted by Gasteiger charge is 2.25. The van der Waals surface area contributed by atoms with Crippen LogP contribution in [0.15, 0.2) is 48.8 Å². The lowest BCUT2D eigenvalue weighted by Gasteiger charge is -2.34. The van der Waals surface area contributed by atoms with Gasteiger partial charge < -0.3 is 19.1 Å². The number of carbonyl (C=O) groups excluding carboxylic acids is 2. The molecule has 6 heteroatoms. The largest absolute Gasteiger partial charge is 0.445 e. The van der Waals surface area contributed by atoms with Gasteiger partial charge in [-0.15, -0.1) is 0 Å². The average Bonchev–Trinajstić information content (AvgIpc) is 3.05. The van der Waals surface area contributed by atoms with E-state index in [1.807, 2.05) is 65.3 Å². The molecule has 25 heavy (non-hydrogen) atoms. The fourth-order valence-electron chi connectivity index (χ4n) is 2.90. The average molecular weight is 341 g/mol. The first kappa shape index (κ1) is 17.1. The van der Waals surface area contributed by atoms with Crippen molar-refractivity contribution in [2.45, 2.75) is 13.0 Å². The Morgan fingerprint density at radius 3 is 2.28 bits per heavy atom. The molecule has 1 aromatic carbocycles. The monoisotopic (exact) mass is 341 g/mol. The van der Waals surface area contributed by atoms with Crippen LogP contribution in [-0.2, 0) is 29.6 Å². The zero-order valence-corrected chi connectivity index (χ0v) is 14.4. The Bertz CT molecular complexity index is 719. The number of nitrogens with zero attached hydrogens (tertiary/aromatic N) is 3. The number of aryl methyl sites for hydroxylation is 1. The number of ether oxygens (including phenoxy) is 1. The summed E-state index contributed by atoms with van der Waals surface area (Å²) in [7, 11) is 1.94. The van der Waals surface area contributed by atoms with Crippen LogP contribution in [0.5, 0.6) is 0 Å². The van der Waals surface area contributed by atoms with E-state index in [-0.39, 0.29) is 18.6 Å². The van der Waals surface area contributed by atoms with Crippen molar-refractivity contribution in [1.29, 1.82) is 0 Å². The molecule has 0 radical (unpaired) electrons. The number of piperazine rings is 1. The van der Waals surface area contributed by atoms with E-state index in [1.54, 1.807) is 4.90 Å². The van der Waals surface area contributed by atoms with Crippen molar-refractivity contribution in [3.05, 3.63) is 59.9 Å². The molecule has 1 aliphatic heterocycles. The number of hydrogen-bond acceptors (Lipinski definition) is 3. The van der Waals surface area contributed by atoms with Gasteiger partial charge in [0.15, 0.2) is 0 Å². The third kappa shape index (κ3) is 4.62. The maximum atomic E-state index is 12.3. The van der Waals surface area contributed by atoms with Crippen molar-refractivity contribution < 1.29 is 14.3 Å². The van der Waals surface area contributed by atoms with Crippen LogP contribution in [0.1, 0.15) is 11.1 Å². The molecule has 1 aliphatic rings. The van der Waals surface area contributed by atoms with Crippen molar-refractivity contribution >= 4 is 12.0 Å². The lowest BCUT2D eigenvalue weighted by atomic mass is 10.2. The van der Waals surface area contributed by atoms with Crippen molar-refractivity contribution in [1.82, 2.24) is 14.4 Å². The number of hydrogen-bond donors (Lipinski definition) is 0. The second-order valence-corrected chi connectivity index (χ2v) is 6.27. The van der Waals surface area contributed by atoms with Gasteiger partial charge in [-0.05, 0) is 17.2 Å². The summed E-state index contributed by atoms with van der Waals surface area (Å²) >= 11 is 0. The molecule has 2 heterocycles. The van der Waals surface area contributed by atoms with Crippen LogP contribution in [0.25, 0.3) is 0 Å². The Morgan fingerprint density at radius 1 is 0.960 bits per heavy atom. The highest BCUT2D eigenvalue weighted by molar-refractivity contribution is 5.79. The Labute approximate surface area is 147 Å². The van der Waals surface area contributed by atoms with E-state index < -0.39 is 0 Å². The zero-order chi connectivity index (χ0) is 17.6. The van der Waals surface area contributed by atoms with Gasteiger partial charge in [-0.1, -0.05) is 30.3 Å². The first-order chi connectivity index (χ1) is 12.1. The van der Waals surface area contributed by atoms with E-state index in [1.165, 1.54) is 0 Å². The first-order valence-corrected chi connectivity index (χ1v) is 8.46. The second-order valence-electron chi connectivity index (χ2n) is 6.27. The first-order valence-electron chi connectivity index (χ1n) is 8.46. The number of rotatable bonds is 4. The SMILES string of the molecule is Cn1ccc(CC(=O)N2CCN(C(=O)OCc3ccccc3)CC2)c1. The zero-order valence-electron chi connectivity index (χ0n) is 14.4. The molecule has 3 rings (SSSR count). The minimum atomic E-state index is -0.320. The van der Waals surface area contributed by atoms with Crippen molar-refractivity contribution in [3.63, 3.8) is 0 Å². The molecule has 0 unspecified atom stereocenters. The molecule has 1 aromatic heterocycles. The molecule has 2 aromatic rings. The summed E-state index contributed by atoms with van der Waals surface area (Å²) in [6.07, 6.45) is 3.97. The van der Waals surface area contributed by atoms with E-state index in [2.05, 4.69) is 0 Å². The van der Waals surface area contributed by atoms with Crippen LogP contribution in [0.4, 0.5) is 4.79 Å². The van der Waals surface area contributed by atoms with Gasteiger partial charge in [-0.2, -0.15) is 0 Å². The normalized spacial score (nSPS) is 14.4. The second kappa shape index (κ2) is 7.88. The number of carbonyl (C=O) groups is 2. The van der Waals surface area contributed by atoms with Crippen LogP contribution in [0.2, 0.25) is 0 Å². The Hall–Kier alpha value is -2.76. The summed E-state index contributed by atoms with van der Waals surface area (Å²) in [6, 6.07) is 11.6. The van der Waals surface area contributed by atoms with Crippen molar-refractivity contribution in [2.24, 2.45) is 7.05 Å². The smallest absolute Gasteiger partial charge is 0.410 e. The third-order valence-electron chi connectivity index (χ3n) is 4.34. The summed E-state index contributed by atoms with van der Waals surface area (Å²) < 4.78 is 7.28. The molecule has 6 nitrogen and oxygen atoms in total. The standard InChI is InChI=1S/C19H23N3O3/c1-20-8-7-17(14-20)13-18(23)21-9-11-22(12-10-21)19(24)25-15-16-5-3-2-4-6-16/h2-8,14H,9-13,15H2,1H3. The predicted octanol–water partition coefficient (Wildman–Crippen LogP) is 2.05. The molecule has 0 atom stereocenters. The quantitative estimate of drug-likeness (QED) is 0.855. The van der Waals surface area contributed by atoms with Gasteiger partial charge in [-0.25, -0.2) is 4.79 Å². The van der Waals surface area contributed by atoms with Crippen LogP contribution >= 0.6 is 0 Å². The number of aromatic nitrogens is 1. The van der Waals surface area contributed by atoms with Gasteiger partial charge in [0.25, 0.3) is 0 Å². The maximum absolute atomic E-state index is 12.3. The molecule has 0 spiro atoms. The summed E-state index contributed by atoms with van der Waals surface area (Å²) in [5.41, 5.74) is 1.98. The van der Waals surface area contributed by atoms with Gasteiger partial charge in [0, 0.05) is 45.6 Å². The predicted molar refractivity (Wildman–Crippen MR) is 93.9 cm³/mol. The fourth-order valence-corrected chi connectivity index (χ4v) is 2.90. The van der Waals surface area contributed by atoms with E-state index >= 15 is 0 Å². The van der Waals surface area contributed by atoms with Gasteiger partial charge >= 0.3 is 6.09 Å². The molecule has 1 fully saturated rings. The van der Waals surface area contributed by atoms with Crippen molar-refractivity contribution in [2.75, 3.05) is 26.2 Å². The van der Waals surface area contributed by atoms with E-state index in [4.69, 9.17) is 4.74 Å². The van der Waals surface area contributed by atoms with Gasteiger partial charge in [-0.3, -0.25) is 4.79 Å². The molecule has 0 aliphatic carbocycles. The lowest BCUT2D eigenvalue weighted by Crippen LogP contribution is -2.51. The Morgan fingerprint density at radius 2 is 1.64 bits per heavy atom. The highest BCUT2D eigenvalue weighted by atomic mass is 16.6. The molecular weight excluding hydrogens is 318 g/mol. The van der Waals surface area contributed by atoms with Crippen LogP contribution in [-0.4, -0.2) is 52.5 Å². The fraction of sp³-hybridized carbons (Fsp3) is 0.368. The molecule has 0 N–H and O–H groups in total. The van der Waals surface area contributed by atoms with Gasteiger partial charge in [0.05, 0.1) is 6.42 Å². The van der Waals surface area contributed by atoms with Crippen LogP contribution in [0.3, 0.4) is 0 Å². The molecule has 1 saturated heterocycles. The topological polar surface area (TPSA) is 54.8 Å². The Kier molecular flexibility index (Phi) is 5.38. The highest BCUT2D eigenvalue weighted by Crippen LogP contribution is 2.09. The van der Waals surface area contributed by atoms with E-state index in [0.29, 0.717) is 32.6 Å². The van der Waals surface area contributed by atoms with Crippen molar-refractivity contribution in [3.8, 4) is 0 Å². The van der Waals surface area contributed by atoms with Gasteiger partial charge in [0.1, 0.15) is 6.61 Å². The van der Waals surface area contributed by atoms with Crippen LogP contribution < -0.4 is 0 Å². The Balaban J connectivity index is 1.43. The van der Waals surface area contributed by atoms with E-state index in [0.717, 1.165) is 11.1 Å². The minimum Gasteiger partial charge on any atom is -0.445 e.